The monoisotopic (exact) mass is 339 g/mol. The molecule has 1 amide bonds. The zero-order valence-corrected chi connectivity index (χ0v) is 14.0. The standard InChI is InChI=1S/C16H21NO5S/c1-10-7-8-12(9-13(10)23(2,21)22)17-15(18)14(16(19)20)11-5-3-4-6-11/h7-9,11,14H,3-6H2,1-2H3,(H,17,18)(H,19,20). The number of carbonyl (C=O) groups excluding carboxylic acids is 1. The molecular formula is C16H21NO5S. The molecule has 1 aliphatic rings. The summed E-state index contributed by atoms with van der Waals surface area (Å²) in [5, 5.41) is 11.9. The smallest absolute Gasteiger partial charge is 0.316 e. The molecule has 1 unspecified atom stereocenters. The van der Waals surface area contributed by atoms with Crippen molar-refractivity contribution in [3.8, 4) is 0 Å². The van der Waals surface area contributed by atoms with E-state index in [2.05, 4.69) is 5.32 Å². The fourth-order valence-corrected chi connectivity index (χ4v) is 4.11. The van der Waals surface area contributed by atoms with E-state index < -0.39 is 27.6 Å². The summed E-state index contributed by atoms with van der Waals surface area (Å²) in [4.78, 5) is 23.9. The Hall–Kier alpha value is -1.89. The van der Waals surface area contributed by atoms with Crippen molar-refractivity contribution in [2.45, 2.75) is 37.5 Å². The Morgan fingerprint density at radius 3 is 2.39 bits per heavy atom. The summed E-state index contributed by atoms with van der Waals surface area (Å²) in [6.45, 7) is 1.67. The third kappa shape index (κ3) is 4.10. The average Bonchev–Trinajstić information content (AvgIpc) is 2.93. The topological polar surface area (TPSA) is 101 Å². The van der Waals surface area contributed by atoms with E-state index in [-0.39, 0.29) is 10.8 Å². The van der Waals surface area contributed by atoms with Crippen LogP contribution in [0.4, 0.5) is 5.69 Å². The van der Waals surface area contributed by atoms with Crippen LogP contribution in [0.25, 0.3) is 0 Å². The second kappa shape index (κ2) is 6.70. The van der Waals surface area contributed by atoms with E-state index in [9.17, 15) is 23.1 Å². The number of nitrogens with one attached hydrogen (secondary N) is 1. The Labute approximate surface area is 135 Å². The lowest BCUT2D eigenvalue weighted by atomic mass is 9.90. The first kappa shape index (κ1) is 17.5. The van der Waals surface area contributed by atoms with Crippen LogP contribution in [0.3, 0.4) is 0 Å². The molecule has 1 aromatic carbocycles. The van der Waals surface area contributed by atoms with Crippen LogP contribution in [0, 0.1) is 18.8 Å². The molecule has 0 heterocycles. The maximum Gasteiger partial charge on any atom is 0.316 e. The molecule has 1 fully saturated rings. The van der Waals surface area contributed by atoms with E-state index in [0.29, 0.717) is 11.3 Å². The Morgan fingerprint density at radius 1 is 1.26 bits per heavy atom. The van der Waals surface area contributed by atoms with Crippen LogP contribution < -0.4 is 5.32 Å². The van der Waals surface area contributed by atoms with Crippen LogP contribution >= 0.6 is 0 Å². The van der Waals surface area contributed by atoms with Crippen LogP contribution in [0.5, 0.6) is 0 Å². The van der Waals surface area contributed by atoms with Crippen LogP contribution in [0.15, 0.2) is 23.1 Å². The minimum Gasteiger partial charge on any atom is -0.481 e. The number of rotatable bonds is 5. The van der Waals surface area contributed by atoms with Crippen LogP contribution in [0.2, 0.25) is 0 Å². The van der Waals surface area contributed by atoms with Crippen molar-refractivity contribution >= 4 is 27.4 Å². The molecule has 2 rings (SSSR count). The first-order valence-electron chi connectivity index (χ1n) is 7.54. The molecule has 126 valence electrons. The molecule has 0 bridgehead atoms. The Bertz CT molecular complexity index is 720. The number of hydrogen-bond acceptors (Lipinski definition) is 4. The molecule has 6 nitrogen and oxygen atoms in total. The summed E-state index contributed by atoms with van der Waals surface area (Å²) in [6, 6.07) is 4.54. The van der Waals surface area contributed by atoms with Crippen molar-refractivity contribution in [2.24, 2.45) is 11.8 Å². The van der Waals surface area contributed by atoms with E-state index in [4.69, 9.17) is 0 Å². The Kier molecular flexibility index (Phi) is 5.09. The van der Waals surface area contributed by atoms with E-state index in [1.165, 1.54) is 6.07 Å². The zero-order valence-electron chi connectivity index (χ0n) is 13.2. The first-order valence-corrected chi connectivity index (χ1v) is 9.43. The molecule has 23 heavy (non-hydrogen) atoms. The third-order valence-electron chi connectivity index (χ3n) is 4.27. The van der Waals surface area contributed by atoms with Crippen molar-refractivity contribution in [1.82, 2.24) is 0 Å². The minimum atomic E-state index is -3.41. The van der Waals surface area contributed by atoms with Crippen LogP contribution in [-0.2, 0) is 19.4 Å². The van der Waals surface area contributed by atoms with Gasteiger partial charge >= 0.3 is 5.97 Å². The lowest BCUT2D eigenvalue weighted by Gasteiger charge is -2.19. The van der Waals surface area contributed by atoms with Crippen LogP contribution in [0.1, 0.15) is 31.2 Å². The molecule has 2 N–H and O–H groups in total. The number of carboxylic acid groups (broad SMARTS) is 1. The van der Waals surface area contributed by atoms with Gasteiger partial charge in [-0.25, -0.2) is 8.42 Å². The molecule has 0 aliphatic heterocycles. The molecule has 1 aromatic rings. The summed E-state index contributed by atoms with van der Waals surface area (Å²) in [6.07, 6.45) is 4.42. The predicted octanol–water partition coefficient (Wildman–Crippen LogP) is 2.23. The molecule has 0 radical (unpaired) electrons. The molecule has 0 spiro atoms. The number of aryl methyl sites for hydroxylation is 1. The first-order chi connectivity index (χ1) is 10.7. The maximum atomic E-state index is 12.3. The summed E-state index contributed by atoms with van der Waals surface area (Å²) >= 11 is 0. The van der Waals surface area contributed by atoms with Gasteiger partial charge in [-0.15, -0.1) is 0 Å². The number of amides is 1. The zero-order chi connectivity index (χ0) is 17.2. The SMILES string of the molecule is Cc1ccc(NC(=O)C(C(=O)O)C2CCCC2)cc1S(C)(=O)=O. The quantitative estimate of drug-likeness (QED) is 0.801. The maximum absolute atomic E-state index is 12.3. The molecule has 0 aromatic heterocycles. The highest BCUT2D eigenvalue weighted by molar-refractivity contribution is 7.90. The van der Waals surface area contributed by atoms with Gasteiger partial charge in [-0.2, -0.15) is 0 Å². The second-order valence-corrected chi connectivity index (χ2v) is 8.09. The van der Waals surface area contributed by atoms with E-state index in [1.807, 2.05) is 0 Å². The number of sulfone groups is 1. The number of hydrogen-bond donors (Lipinski definition) is 2. The molecule has 1 atom stereocenters. The molecular weight excluding hydrogens is 318 g/mol. The molecule has 7 heteroatoms. The van der Waals surface area contributed by atoms with Gasteiger partial charge in [-0.1, -0.05) is 18.9 Å². The summed E-state index contributed by atoms with van der Waals surface area (Å²) < 4.78 is 23.5. The summed E-state index contributed by atoms with van der Waals surface area (Å²) in [5.41, 5.74) is 0.876. The number of carboxylic acids is 1. The van der Waals surface area contributed by atoms with Gasteiger partial charge in [-0.3, -0.25) is 9.59 Å². The second-order valence-electron chi connectivity index (χ2n) is 6.10. The van der Waals surface area contributed by atoms with Gasteiger partial charge in [0.15, 0.2) is 9.84 Å². The molecule has 0 saturated heterocycles. The average molecular weight is 339 g/mol. The fourth-order valence-electron chi connectivity index (χ4n) is 3.12. The Morgan fingerprint density at radius 2 is 1.87 bits per heavy atom. The minimum absolute atomic E-state index is 0.128. The number of carbonyl (C=O) groups is 2. The fraction of sp³-hybridized carbons (Fsp3) is 0.500. The number of anilines is 1. The largest absolute Gasteiger partial charge is 0.481 e. The summed E-state index contributed by atoms with van der Waals surface area (Å²) in [5.74, 6) is -2.98. The van der Waals surface area contributed by atoms with Crippen LogP contribution in [-0.4, -0.2) is 31.7 Å². The van der Waals surface area contributed by atoms with E-state index in [1.54, 1.807) is 19.1 Å². The van der Waals surface area contributed by atoms with Gasteiger partial charge in [0.05, 0.1) is 4.90 Å². The Balaban J connectivity index is 2.23. The van der Waals surface area contributed by atoms with Crippen molar-refractivity contribution in [2.75, 3.05) is 11.6 Å². The lowest BCUT2D eigenvalue weighted by molar-refractivity contribution is -0.147. The molecule has 1 aliphatic carbocycles. The predicted molar refractivity (Wildman–Crippen MR) is 86.0 cm³/mol. The number of benzene rings is 1. The van der Waals surface area contributed by atoms with Gasteiger partial charge in [0, 0.05) is 11.9 Å². The lowest BCUT2D eigenvalue weighted by Crippen LogP contribution is -2.34. The number of aliphatic carboxylic acids is 1. The van der Waals surface area contributed by atoms with Crippen molar-refractivity contribution in [1.29, 1.82) is 0 Å². The highest BCUT2D eigenvalue weighted by atomic mass is 32.2. The van der Waals surface area contributed by atoms with Crippen molar-refractivity contribution in [3.63, 3.8) is 0 Å². The normalized spacial score (nSPS) is 17.0. The highest BCUT2D eigenvalue weighted by Crippen LogP contribution is 2.32. The van der Waals surface area contributed by atoms with Gasteiger partial charge in [0.25, 0.3) is 0 Å². The van der Waals surface area contributed by atoms with Gasteiger partial charge in [-0.05, 0) is 43.4 Å². The molecule has 1 saturated carbocycles. The van der Waals surface area contributed by atoms with Crippen molar-refractivity contribution in [3.05, 3.63) is 23.8 Å². The van der Waals surface area contributed by atoms with E-state index in [0.717, 1.165) is 31.9 Å². The van der Waals surface area contributed by atoms with E-state index >= 15 is 0 Å². The van der Waals surface area contributed by atoms with Gasteiger partial charge < -0.3 is 10.4 Å². The summed E-state index contributed by atoms with van der Waals surface area (Å²) in [7, 11) is -3.41. The van der Waals surface area contributed by atoms with Gasteiger partial charge in [0.1, 0.15) is 5.92 Å². The third-order valence-corrected chi connectivity index (χ3v) is 5.51. The van der Waals surface area contributed by atoms with Crippen molar-refractivity contribution < 1.29 is 23.1 Å². The van der Waals surface area contributed by atoms with Gasteiger partial charge in [0.2, 0.25) is 5.91 Å². The highest BCUT2D eigenvalue weighted by Gasteiger charge is 2.36.